The van der Waals surface area contributed by atoms with Gasteiger partial charge in [-0.25, -0.2) is 0 Å². The first-order chi connectivity index (χ1) is 10.2. The Morgan fingerprint density at radius 3 is 2.43 bits per heavy atom. The summed E-state index contributed by atoms with van der Waals surface area (Å²) in [6.45, 7) is 3.99. The minimum atomic E-state index is -0.173. The molecule has 0 saturated heterocycles. The molecular weight excluding hydrogens is 264 g/mol. The second-order valence-corrected chi connectivity index (χ2v) is 5.71. The Morgan fingerprint density at radius 1 is 1.05 bits per heavy atom. The van der Waals surface area contributed by atoms with Crippen LogP contribution in [0.3, 0.4) is 0 Å². The maximum Gasteiger partial charge on any atom is 0.302 e. The third kappa shape index (κ3) is 15.4. The molecule has 0 aromatic carbocycles. The fourth-order valence-electron chi connectivity index (χ4n) is 2.35. The van der Waals surface area contributed by atoms with E-state index >= 15 is 0 Å². The van der Waals surface area contributed by atoms with Gasteiger partial charge in [-0.15, -0.1) is 0 Å². The molecule has 3 heteroatoms. The number of ether oxygens (including phenoxy) is 1. The third-order valence-electron chi connectivity index (χ3n) is 3.56. The molecule has 0 amide bonds. The van der Waals surface area contributed by atoms with Crippen LogP contribution in [-0.2, 0) is 9.53 Å². The van der Waals surface area contributed by atoms with Crippen molar-refractivity contribution in [2.75, 3.05) is 6.61 Å². The third-order valence-corrected chi connectivity index (χ3v) is 3.56. The van der Waals surface area contributed by atoms with Crippen LogP contribution < -0.4 is 0 Å². The van der Waals surface area contributed by atoms with Crippen LogP contribution >= 0.6 is 0 Å². The molecule has 0 saturated carbocycles. The van der Waals surface area contributed by atoms with Gasteiger partial charge in [0.2, 0.25) is 0 Å². The Hall–Kier alpha value is -0.830. The summed E-state index contributed by atoms with van der Waals surface area (Å²) in [4.78, 5) is 11.1. The zero-order chi connectivity index (χ0) is 15.8. The van der Waals surface area contributed by atoms with Crippen LogP contribution in [0.1, 0.15) is 84.5 Å². The Bertz CT molecular complexity index is 261. The van der Waals surface area contributed by atoms with Crippen molar-refractivity contribution in [1.29, 1.82) is 0 Å². The van der Waals surface area contributed by atoms with E-state index in [2.05, 4.69) is 19.1 Å². The molecule has 1 N–H and O–H groups in total. The lowest BCUT2D eigenvalue weighted by Gasteiger charge is -2.15. The summed E-state index contributed by atoms with van der Waals surface area (Å²) in [5.41, 5.74) is 0. The molecule has 0 aliphatic carbocycles. The van der Waals surface area contributed by atoms with Gasteiger partial charge in [-0.2, -0.15) is 0 Å². The van der Waals surface area contributed by atoms with Gasteiger partial charge in [-0.3, -0.25) is 4.79 Å². The van der Waals surface area contributed by atoms with E-state index in [-0.39, 0.29) is 12.1 Å². The second kappa shape index (κ2) is 15.6. The van der Waals surface area contributed by atoms with E-state index in [9.17, 15) is 4.79 Å². The standard InChI is InChI=1S/C18H34O3/c1-3-4-5-11-14-18(21-17(2)20)15-12-9-7-6-8-10-13-16-19/h9,12,18-19H,3-8,10-11,13-16H2,1-2H3/b12-9-/t18-/m1/s1. The molecular formula is C18H34O3. The number of carbonyl (C=O) groups excluding carboxylic acids is 1. The molecule has 0 aromatic rings. The molecule has 0 rings (SSSR count). The fourth-order valence-corrected chi connectivity index (χ4v) is 2.35. The first-order valence-electron chi connectivity index (χ1n) is 8.63. The minimum Gasteiger partial charge on any atom is -0.462 e. The molecule has 0 aliphatic rings. The Kier molecular flexibility index (Phi) is 14.9. The number of carbonyl (C=O) groups is 1. The first kappa shape index (κ1) is 20.2. The molecule has 1 atom stereocenters. The molecule has 0 unspecified atom stereocenters. The quantitative estimate of drug-likeness (QED) is 0.285. The van der Waals surface area contributed by atoms with Crippen LogP contribution in [0.2, 0.25) is 0 Å². The highest BCUT2D eigenvalue weighted by Crippen LogP contribution is 2.13. The van der Waals surface area contributed by atoms with Gasteiger partial charge in [0.05, 0.1) is 0 Å². The van der Waals surface area contributed by atoms with E-state index in [1.807, 2.05) is 0 Å². The monoisotopic (exact) mass is 298 g/mol. The molecule has 0 heterocycles. The summed E-state index contributed by atoms with van der Waals surface area (Å²) < 4.78 is 5.37. The first-order valence-corrected chi connectivity index (χ1v) is 8.63. The largest absolute Gasteiger partial charge is 0.462 e. The Morgan fingerprint density at radius 2 is 1.76 bits per heavy atom. The van der Waals surface area contributed by atoms with Crippen LogP contribution in [0, 0.1) is 0 Å². The summed E-state index contributed by atoms with van der Waals surface area (Å²) >= 11 is 0. The van der Waals surface area contributed by atoms with Gasteiger partial charge < -0.3 is 9.84 Å². The number of esters is 1. The van der Waals surface area contributed by atoms with Crippen LogP contribution in [0.5, 0.6) is 0 Å². The van der Waals surface area contributed by atoms with Crippen molar-refractivity contribution in [3.8, 4) is 0 Å². The zero-order valence-electron chi connectivity index (χ0n) is 14.0. The van der Waals surface area contributed by atoms with Gasteiger partial charge in [0.1, 0.15) is 6.10 Å². The maximum absolute atomic E-state index is 11.1. The zero-order valence-corrected chi connectivity index (χ0v) is 14.0. The van der Waals surface area contributed by atoms with Crippen molar-refractivity contribution >= 4 is 5.97 Å². The molecule has 0 fully saturated rings. The molecule has 0 bridgehead atoms. The van der Waals surface area contributed by atoms with Crippen LogP contribution in [0.15, 0.2) is 12.2 Å². The second-order valence-electron chi connectivity index (χ2n) is 5.71. The van der Waals surface area contributed by atoms with E-state index in [0.29, 0.717) is 6.61 Å². The summed E-state index contributed by atoms with van der Waals surface area (Å²) in [7, 11) is 0. The Balaban J connectivity index is 3.75. The van der Waals surface area contributed by atoms with Gasteiger partial charge in [0.15, 0.2) is 0 Å². The van der Waals surface area contributed by atoms with Crippen molar-refractivity contribution in [3.63, 3.8) is 0 Å². The SMILES string of the molecule is CCCCCC[C@H](C/C=C\CCCCCCO)OC(C)=O. The summed E-state index contributed by atoms with van der Waals surface area (Å²) in [5.74, 6) is -0.173. The van der Waals surface area contributed by atoms with Crippen molar-refractivity contribution in [1.82, 2.24) is 0 Å². The van der Waals surface area contributed by atoms with Gasteiger partial charge in [0.25, 0.3) is 0 Å². The summed E-state index contributed by atoms with van der Waals surface area (Å²) in [6.07, 6.45) is 16.5. The van der Waals surface area contributed by atoms with Gasteiger partial charge in [-0.05, 0) is 32.1 Å². The van der Waals surface area contributed by atoms with E-state index in [1.165, 1.54) is 39.0 Å². The molecule has 0 radical (unpaired) electrons. The molecule has 21 heavy (non-hydrogen) atoms. The highest BCUT2D eigenvalue weighted by Gasteiger charge is 2.09. The van der Waals surface area contributed by atoms with E-state index < -0.39 is 0 Å². The van der Waals surface area contributed by atoms with Gasteiger partial charge >= 0.3 is 5.97 Å². The minimum absolute atomic E-state index is 0.0463. The van der Waals surface area contributed by atoms with E-state index in [1.54, 1.807) is 0 Å². The maximum atomic E-state index is 11.1. The number of aliphatic hydroxyl groups is 1. The van der Waals surface area contributed by atoms with Gasteiger partial charge in [-0.1, -0.05) is 51.2 Å². The smallest absolute Gasteiger partial charge is 0.302 e. The molecule has 0 aromatic heterocycles. The number of unbranched alkanes of at least 4 members (excludes halogenated alkanes) is 7. The lowest BCUT2D eigenvalue weighted by molar-refractivity contribution is -0.146. The topological polar surface area (TPSA) is 46.5 Å². The molecule has 124 valence electrons. The predicted octanol–water partition coefficient (Wildman–Crippen LogP) is 4.78. The lowest BCUT2D eigenvalue weighted by Crippen LogP contribution is -2.15. The number of hydrogen-bond acceptors (Lipinski definition) is 3. The van der Waals surface area contributed by atoms with Crippen molar-refractivity contribution < 1.29 is 14.6 Å². The number of rotatable bonds is 14. The average Bonchev–Trinajstić information content (AvgIpc) is 2.45. The van der Waals surface area contributed by atoms with Crippen molar-refractivity contribution in [3.05, 3.63) is 12.2 Å². The van der Waals surface area contributed by atoms with Gasteiger partial charge in [0, 0.05) is 20.0 Å². The predicted molar refractivity (Wildman–Crippen MR) is 88.2 cm³/mol. The van der Waals surface area contributed by atoms with Crippen molar-refractivity contribution in [2.45, 2.75) is 90.6 Å². The molecule has 0 spiro atoms. The lowest BCUT2D eigenvalue weighted by atomic mass is 10.1. The summed E-state index contributed by atoms with van der Waals surface area (Å²) in [6, 6.07) is 0. The fraction of sp³-hybridized carbons (Fsp3) is 0.833. The van der Waals surface area contributed by atoms with Crippen LogP contribution in [-0.4, -0.2) is 23.8 Å². The highest BCUT2D eigenvalue weighted by molar-refractivity contribution is 5.66. The Labute approximate surface area is 130 Å². The number of allylic oxidation sites excluding steroid dienone is 1. The van der Waals surface area contributed by atoms with Crippen LogP contribution in [0.4, 0.5) is 0 Å². The van der Waals surface area contributed by atoms with Crippen LogP contribution in [0.25, 0.3) is 0 Å². The van der Waals surface area contributed by atoms with Crippen molar-refractivity contribution in [2.24, 2.45) is 0 Å². The number of hydrogen-bond donors (Lipinski definition) is 1. The highest BCUT2D eigenvalue weighted by atomic mass is 16.5. The van der Waals surface area contributed by atoms with E-state index in [4.69, 9.17) is 9.84 Å². The van der Waals surface area contributed by atoms with E-state index in [0.717, 1.165) is 38.5 Å². The normalized spacial score (nSPS) is 12.7. The molecule has 3 nitrogen and oxygen atoms in total. The molecule has 0 aliphatic heterocycles. The summed E-state index contributed by atoms with van der Waals surface area (Å²) in [5, 5.41) is 8.69. The number of aliphatic hydroxyl groups excluding tert-OH is 1. The average molecular weight is 298 g/mol.